The summed E-state index contributed by atoms with van der Waals surface area (Å²) in [5, 5.41) is 4.82. The zero-order valence-corrected chi connectivity index (χ0v) is 10.3. The number of para-hydroxylation sites is 1. The molecule has 1 N–H and O–H groups in total. The van der Waals surface area contributed by atoms with E-state index in [0.717, 1.165) is 12.1 Å². The molecule has 0 amide bonds. The molecule has 2 unspecified atom stereocenters. The zero-order chi connectivity index (χ0) is 11.0. The maximum atomic E-state index is 4.76. The molecule has 3 heteroatoms. The standard InChI is InChI=1S/C13H16N2S/c1-9-8-10(6-7-14-9)13-15-11-4-2-3-5-12(11)16-13/h2-5,9-10,14H,6-8H2,1H3. The summed E-state index contributed by atoms with van der Waals surface area (Å²) >= 11 is 1.87. The second-order valence-corrected chi connectivity index (χ2v) is 5.66. The highest BCUT2D eigenvalue weighted by molar-refractivity contribution is 7.18. The van der Waals surface area contributed by atoms with Gasteiger partial charge in [0.1, 0.15) is 0 Å². The first-order valence-corrected chi connectivity index (χ1v) is 6.73. The van der Waals surface area contributed by atoms with Gasteiger partial charge in [0.25, 0.3) is 0 Å². The lowest BCUT2D eigenvalue weighted by molar-refractivity contribution is 0.381. The van der Waals surface area contributed by atoms with Crippen LogP contribution < -0.4 is 5.32 Å². The van der Waals surface area contributed by atoms with Crippen molar-refractivity contribution < 1.29 is 0 Å². The Bertz CT molecular complexity index is 458. The van der Waals surface area contributed by atoms with Crippen molar-refractivity contribution in [3.63, 3.8) is 0 Å². The van der Waals surface area contributed by atoms with Crippen LogP contribution in [0.4, 0.5) is 0 Å². The number of rotatable bonds is 1. The average Bonchev–Trinajstić information content (AvgIpc) is 2.72. The second kappa shape index (κ2) is 4.15. The van der Waals surface area contributed by atoms with Crippen LogP contribution in [0.25, 0.3) is 10.2 Å². The molecule has 1 aromatic carbocycles. The summed E-state index contributed by atoms with van der Waals surface area (Å²) in [6, 6.07) is 9.07. The van der Waals surface area contributed by atoms with Crippen LogP contribution in [0.1, 0.15) is 30.7 Å². The third-order valence-electron chi connectivity index (χ3n) is 3.28. The van der Waals surface area contributed by atoms with Gasteiger partial charge in [0, 0.05) is 12.0 Å². The number of nitrogens with one attached hydrogen (secondary N) is 1. The number of hydrogen-bond acceptors (Lipinski definition) is 3. The van der Waals surface area contributed by atoms with E-state index in [1.165, 1.54) is 22.5 Å². The van der Waals surface area contributed by atoms with Crippen LogP contribution in [-0.2, 0) is 0 Å². The summed E-state index contributed by atoms with van der Waals surface area (Å²) in [5.74, 6) is 0.661. The predicted octanol–water partition coefficient (Wildman–Crippen LogP) is 3.15. The van der Waals surface area contributed by atoms with E-state index in [0.29, 0.717) is 12.0 Å². The quantitative estimate of drug-likeness (QED) is 0.817. The van der Waals surface area contributed by atoms with Crippen molar-refractivity contribution in [3.8, 4) is 0 Å². The van der Waals surface area contributed by atoms with Crippen LogP contribution in [0.15, 0.2) is 24.3 Å². The van der Waals surface area contributed by atoms with Crippen molar-refractivity contribution >= 4 is 21.6 Å². The van der Waals surface area contributed by atoms with Crippen molar-refractivity contribution in [1.29, 1.82) is 0 Å². The monoisotopic (exact) mass is 232 g/mol. The van der Waals surface area contributed by atoms with Crippen molar-refractivity contribution in [2.24, 2.45) is 0 Å². The Labute approximate surface area is 99.7 Å². The van der Waals surface area contributed by atoms with Gasteiger partial charge in [-0.3, -0.25) is 0 Å². The number of fused-ring (bicyclic) bond motifs is 1. The van der Waals surface area contributed by atoms with Gasteiger partial charge in [-0.05, 0) is 38.4 Å². The first-order chi connectivity index (χ1) is 7.83. The fourth-order valence-electron chi connectivity index (χ4n) is 2.42. The van der Waals surface area contributed by atoms with Gasteiger partial charge >= 0.3 is 0 Å². The molecule has 0 aliphatic carbocycles. The molecule has 1 aliphatic heterocycles. The van der Waals surface area contributed by atoms with Crippen LogP contribution in [0.2, 0.25) is 0 Å². The van der Waals surface area contributed by atoms with Crippen LogP contribution in [0.5, 0.6) is 0 Å². The Kier molecular flexibility index (Phi) is 2.65. The molecule has 1 fully saturated rings. The largest absolute Gasteiger partial charge is 0.314 e. The molecule has 2 aromatic rings. The number of thiazole rings is 1. The van der Waals surface area contributed by atoms with Gasteiger partial charge in [-0.15, -0.1) is 11.3 Å². The van der Waals surface area contributed by atoms with Gasteiger partial charge in [0.2, 0.25) is 0 Å². The van der Waals surface area contributed by atoms with Gasteiger partial charge in [-0.25, -0.2) is 4.98 Å². The molecule has 2 atom stereocenters. The SMILES string of the molecule is CC1CC(c2nc3ccccc3s2)CCN1. The van der Waals surface area contributed by atoms with E-state index in [2.05, 4.69) is 36.5 Å². The fraction of sp³-hybridized carbons (Fsp3) is 0.462. The molecule has 16 heavy (non-hydrogen) atoms. The maximum Gasteiger partial charge on any atom is 0.0970 e. The molecule has 1 aliphatic rings. The smallest absolute Gasteiger partial charge is 0.0970 e. The van der Waals surface area contributed by atoms with Gasteiger partial charge in [-0.2, -0.15) is 0 Å². The molecule has 3 rings (SSSR count). The molecular formula is C13H16N2S. The van der Waals surface area contributed by atoms with Crippen LogP contribution in [0, 0.1) is 0 Å². The number of hydrogen-bond donors (Lipinski definition) is 1. The lowest BCUT2D eigenvalue weighted by Gasteiger charge is -2.26. The van der Waals surface area contributed by atoms with Gasteiger partial charge < -0.3 is 5.32 Å². The molecule has 2 heterocycles. The van der Waals surface area contributed by atoms with E-state index >= 15 is 0 Å². The van der Waals surface area contributed by atoms with E-state index < -0.39 is 0 Å². The Balaban J connectivity index is 1.93. The number of aromatic nitrogens is 1. The van der Waals surface area contributed by atoms with Crippen molar-refractivity contribution in [3.05, 3.63) is 29.3 Å². The Morgan fingerprint density at radius 2 is 2.25 bits per heavy atom. The second-order valence-electron chi connectivity index (χ2n) is 4.60. The number of piperidine rings is 1. The molecule has 0 bridgehead atoms. The van der Waals surface area contributed by atoms with Gasteiger partial charge in [0.05, 0.1) is 15.2 Å². The van der Waals surface area contributed by atoms with Crippen LogP contribution in [-0.4, -0.2) is 17.6 Å². The van der Waals surface area contributed by atoms with Crippen LogP contribution >= 0.6 is 11.3 Å². The minimum atomic E-state index is 0.630. The summed E-state index contributed by atoms with van der Waals surface area (Å²) in [6.45, 7) is 3.39. The average molecular weight is 232 g/mol. The van der Waals surface area contributed by atoms with E-state index in [-0.39, 0.29) is 0 Å². The van der Waals surface area contributed by atoms with Crippen molar-refractivity contribution in [2.75, 3.05) is 6.54 Å². The highest BCUT2D eigenvalue weighted by atomic mass is 32.1. The van der Waals surface area contributed by atoms with Gasteiger partial charge in [-0.1, -0.05) is 12.1 Å². The molecule has 84 valence electrons. The fourth-order valence-corrected chi connectivity index (χ4v) is 3.54. The third-order valence-corrected chi connectivity index (χ3v) is 4.48. The summed E-state index contributed by atoms with van der Waals surface area (Å²) < 4.78 is 1.32. The lowest BCUT2D eigenvalue weighted by atomic mass is 9.94. The summed E-state index contributed by atoms with van der Waals surface area (Å²) in [7, 11) is 0. The molecule has 1 saturated heterocycles. The number of nitrogens with zero attached hydrogens (tertiary/aromatic N) is 1. The van der Waals surface area contributed by atoms with E-state index in [1.807, 2.05) is 11.3 Å². The normalized spacial score (nSPS) is 26.1. The van der Waals surface area contributed by atoms with Crippen molar-refractivity contribution in [1.82, 2.24) is 10.3 Å². The summed E-state index contributed by atoms with van der Waals surface area (Å²) in [6.07, 6.45) is 2.45. The minimum Gasteiger partial charge on any atom is -0.314 e. The molecule has 0 radical (unpaired) electrons. The minimum absolute atomic E-state index is 0.630. The highest BCUT2D eigenvalue weighted by Gasteiger charge is 2.22. The first kappa shape index (κ1) is 10.2. The molecular weight excluding hydrogens is 216 g/mol. The summed E-state index contributed by atoms with van der Waals surface area (Å²) in [5.41, 5.74) is 1.16. The Morgan fingerprint density at radius 1 is 1.38 bits per heavy atom. The van der Waals surface area contributed by atoms with E-state index in [1.54, 1.807) is 0 Å². The third kappa shape index (κ3) is 1.85. The van der Waals surface area contributed by atoms with Crippen molar-refractivity contribution in [2.45, 2.75) is 31.7 Å². The maximum absolute atomic E-state index is 4.76. The van der Waals surface area contributed by atoms with E-state index in [9.17, 15) is 0 Å². The van der Waals surface area contributed by atoms with Crippen LogP contribution in [0.3, 0.4) is 0 Å². The predicted molar refractivity (Wildman–Crippen MR) is 69.1 cm³/mol. The zero-order valence-electron chi connectivity index (χ0n) is 9.44. The van der Waals surface area contributed by atoms with Gasteiger partial charge in [0.15, 0.2) is 0 Å². The Morgan fingerprint density at radius 3 is 3.06 bits per heavy atom. The molecule has 2 nitrogen and oxygen atoms in total. The lowest BCUT2D eigenvalue weighted by Crippen LogP contribution is -2.34. The van der Waals surface area contributed by atoms with E-state index in [4.69, 9.17) is 4.98 Å². The number of benzene rings is 1. The molecule has 0 saturated carbocycles. The highest BCUT2D eigenvalue weighted by Crippen LogP contribution is 2.33. The molecule has 1 aromatic heterocycles. The molecule has 0 spiro atoms. The Hall–Kier alpha value is -0.930. The topological polar surface area (TPSA) is 24.9 Å². The summed E-state index contributed by atoms with van der Waals surface area (Å²) in [4.78, 5) is 4.76. The first-order valence-electron chi connectivity index (χ1n) is 5.92.